The number of rotatable bonds is 17. The summed E-state index contributed by atoms with van der Waals surface area (Å²) in [5.41, 5.74) is 0. The molecule has 0 aromatic carbocycles. The molecule has 0 rings (SSSR count). The van der Waals surface area contributed by atoms with E-state index in [4.69, 9.17) is 4.62 Å². The summed E-state index contributed by atoms with van der Waals surface area (Å²) < 4.78 is 5.76. The molecule has 0 spiro atoms. The van der Waals surface area contributed by atoms with Crippen molar-refractivity contribution < 1.29 is 9.52 Å². The van der Waals surface area contributed by atoms with Gasteiger partial charge in [0.1, 0.15) is 0 Å². The van der Waals surface area contributed by atoms with Crippen LogP contribution in [0.2, 0.25) is 0 Å². The van der Waals surface area contributed by atoms with Gasteiger partial charge in [-0.15, -0.1) is 39.5 Å². The lowest BCUT2D eigenvalue weighted by Crippen LogP contribution is -2.51. The van der Waals surface area contributed by atoms with Crippen LogP contribution in [0.1, 0.15) is 0 Å². The van der Waals surface area contributed by atoms with Gasteiger partial charge in [0.05, 0.1) is 0 Å². The highest BCUT2D eigenvalue weighted by molar-refractivity contribution is 7.43. The first-order valence-electron chi connectivity index (χ1n) is 7.96. The van der Waals surface area contributed by atoms with Crippen molar-refractivity contribution in [3.05, 3.63) is 75.9 Å². The van der Waals surface area contributed by atoms with Gasteiger partial charge in [-0.25, -0.2) is 14.6 Å². The Labute approximate surface area is 153 Å². The van der Waals surface area contributed by atoms with E-state index in [0.29, 0.717) is 39.3 Å². The van der Waals surface area contributed by atoms with Crippen LogP contribution in [0.4, 0.5) is 0 Å². The molecule has 0 fully saturated rings. The second-order valence-electron chi connectivity index (χ2n) is 4.92. The normalized spacial score (nSPS) is 12.4. The van der Waals surface area contributed by atoms with Crippen LogP contribution in [0.5, 0.6) is 0 Å². The van der Waals surface area contributed by atoms with Crippen molar-refractivity contribution in [2.45, 2.75) is 0 Å². The maximum Gasteiger partial charge on any atom is 0.304 e. The number of hydrazine groups is 2. The number of hydrogen-bond acceptors (Lipinski definition) is 6. The van der Waals surface area contributed by atoms with Gasteiger partial charge in [0.15, 0.2) is 0 Å². The van der Waals surface area contributed by atoms with Crippen LogP contribution < -0.4 is 0 Å². The Morgan fingerprint density at radius 3 is 1.24 bits per heavy atom. The Bertz CT molecular complexity index is 391. The van der Waals surface area contributed by atoms with Gasteiger partial charge in [0, 0.05) is 39.3 Å². The third-order valence-electron chi connectivity index (χ3n) is 2.87. The summed E-state index contributed by atoms with van der Waals surface area (Å²) >= 11 is 0. The van der Waals surface area contributed by atoms with Crippen molar-refractivity contribution in [3.63, 3.8) is 0 Å². The van der Waals surface area contributed by atoms with E-state index in [-0.39, 0.29) is 0 Å². The fraction of sp³-hybridized carbons (Fsp3) is 0.333. The molecule has 0 saturated carbocycles. The van der Waals surface area contributed by atoms with E-state index >= 15 is 0 Å². The zero-order valence-corrected chi connectivity index (χ0v) is 15.9. The highest BCUT2D eigenvalue weighted by Crippen LogP contribution is 2.40. The lowest BCUT2D eigenvalue weighted by Gasteiger charge is -2.42. The van der Waals surface area contributed by atoms with E-state index < -0.39 is 8.53 Å². The molecular weight excluding hydrogens is 335 g/mol. The van der Waals surface area contributed by atoms with Crippen LogP contribution in [-0.4, -0.2) is 64.1 Å². The third kappa shape index (κ3) is 9.05. The molecule has 0 aromatic rings. The minimum absolute atomic E-state index is 0.463. The number of hydroxylamine groups is 2. The first kappa shape index (κ1) is 23.6. The molecule has 0 aliphatic heterocycles. The largest absolute Gasteiger partial charge is 0.335 e. The van der Waals surface area contributed by atoms with Gasteiger partial charge in [-0.1, -0.05) is 41.3 Å². The minimum atomic E-state index is -2.01. The molecule has 25 heavy (non-hydrogen) atoms. The predicted octanol–water partition coefficient (Wildman–Crippen LogP) is 3.29. The first-order chi connectivity index (χ1) is 12.1. The molecule has 7 heteroatoms. The van der Waals surface area contributed by atoms with Crippen LogP contribution in [0.25, 0.3) is 0 Å². The molecule has 0 aromatic heterocycles. The van der Waals surface area contributed by atoms with E-state index in [9.17, 15) is 4.89 Å². The van der Waals surface area contributed by atoms with Crippen LogP contribution >= 0.6 is 8.53 Å². The van der Waals surface area contributed by atoms with Gasteiger partial charge in [-0.3, -0.25) is 0 Å². The van der Waals surface area contributed by atoms with Gasteiger partial charge < -0.3 is 4.89 Å². The van der Waals surface area contributed by atoms with Gasteiger partial charge >= 0.3 is 8.53 Å². The van der Waals surface area contributed by atoms with E-state index in [1.54, 1.807) is 46.4 Å². The Morgan fingerprint density at radius 1 is 0.640 bits per heavy atom. The molecule has 0 aliphatic rings. The SMILES string of the molecule is C=CCN(CC=C)OP(O)N(N(CC=C)CC=C)N(CC=C)CC=C. The predicted molar refractivity (Wildman–Crippen MR) is 108 cm³/mol. The zero-order valence-electron chi connectivity index (χ0n) is 15.0. The lowest BCUT2D eigenvalue weighted by molar-refractivity contribution is -0.128. The second-order valence-corrected chi connectivity index (χ2v) is 5.95. The number of hydrogen-bond donors (Lipinski definition) is 1. The van der Waals surface area contributed by atoms with Crippen LogP contribution in [0.3, 0.4) is 0 Å². The lowest BCUT2D eigenvalue weighted by atomic mass is 10.5. The molecule has 1 unspecified atom stereocenters. The fourth-order valence-electron chi connectivity index (χ4n) is 2.00. The standard InChI is InChI=1S/C18H31N4O2P/c1-7-13-19(14-8-2)22(20(15-9-3)16-10-4)25(23)24-21(17-11-5)18-12-6/h7-12,23H,1-6,13-18H2. The van der Waals surface area contributed by atoms with Crippen molar-refractivity contribution >= 4 is 8.53 Å². The average molecular weight is 366 g/mol. The van der Waals surface area contributed by atoms with Crippen molar-refractivity contribution in [2.75, 3.05) is 39.3 Å². The van der Waals surface area contributed by atoms with Gasteiger partial charge in [0.2, 0.25) is 0 Å². The molecule has 0 heterocycles. The molecule has 6 nitrogen and oxygen atoms in total. The summed E-state index contributed by atoms with van der Waals surface area (Å²) in [6, 6.07) is 0. The molecule has 0 saturated heterocycles. The number of nitrogens with zero attached hydrogens (tertiary/aromatic N) is 4. The van der Waals surface area contributed by atoms with Crippen LogP contribution in [0, 0.1) is 0 Å². The Balaban J connectivity index is 5.54. The van der Waals surface area contributed by atoms with Gasteiger partial charge in [0.25, 0.3) is 0 Å². The van der Waals surface area contributed by atoms with E-state index in [1.165, 1.54) is 0 Å². The quantitative estimate of drug-likeness (QED) is 0.242. The Hall–Kier alpha value is -1.37. The maximum atomic E-state index is 10.8. The summed E-state index contributed by atoms with van der Waals surface area (Å²) in [6.07, 6.45) is 10.4. The summed E-state index contributed by atoms with van der Waals surface area (Å²) in [5.74, 6) is 0. The third-order valence-corrected chi connectivity index (χ3v) is 4.06. The van der Waals surface area contributed by atoms with Crippen molar-refractivity contribution in [1.82, 2.24) is 20.0 Å². The molecular formula is C18H31N4O2P. The van der Waals surface area contributed by atoms with E-state index in [1.807, 2.05) is 10.0 Å². The Kier molecular flexibility index (Phi) is 14.1. The smallest absolute Gasteiger partial charge is 0.304 e. The maximum absolute atomic E-state index is 10.8. The van der Waals surface area contributed by atoms with E-state index in [2.05, 4.69) is 39.5 Å². The molecule has 0 amide bonds. The molecule has 0 aliphatic carbocycles. The molecule has 0 radical (unpaired) electrons. The second kappa shape index (κ2) is 14.9. The molecule has 1 atom stereocenters. The molecule has 0 bridgehead atoms. The minimum Gasteiger partial charge on any atom is -0.335 e. The van der Waals surface area contributed by atoms with Crippen LogP contribution in [0.15, 0.2) is 75.9 Å². The van der Waals surface area contributed by atoms with Crippen molar-refractivity contribution in [1.29, 1.82) is 0 Å². The van der Waals surface area contributed by atoms with Crippen molar-refractivity contribution in [2.24, 2.45) is 0 Å². The fourth-order valence-corrected chi connectivity index (χ4v) is 3.13. The first-order valence-corrected chi connectivity index (χ1v) is 9.13. The summed E-state index contributed by atoms with van der Waals surface area (Å²) in [6.45, 7) is 25.5. The topological polar surface area (TPSA) is 42.4 Å². The van der Waals surface area contributed by atoms with Gasteiger partial charge in [-0.05, 0) is 0 Å². The van der Waals surface area contributed by atoms with Crippen molar-refractivity contribution in [3.8, 4) is 0 Å². The summed E-state index contributed by atoms with van der Waals surface area (Å²) in [7, 11) is -2.01. The highest BCUT2D eigenvalue weighted by atomic mass is 31.2. The van der Waals surface area contributed by atoms with Gasteiger partial charge in [-0.2, -0.15) is 5.06 Å². The van der Waals surface area contributed by atoms with E-state index in [0.717, 1.165) is 0 Å². The molecule has 1 N–H and O–H groups in total. The zero-order chi connectivity index (χ0) is 19.1. The average Bonchev–Trinajstić information content (AvgIpc) is 2.56. The molecule has 140 valence electrons. The highest BCUT2D eigenvalue weighted by Gasteiger charge is 2.30. The van der Waals surface area contributed by atoms with Crippen LogP contribution in [-0.2, 0) is 4.62 Å². The summed E-state index contributed by atoms with van der Waals surface area (Å²) in [4.78, 5) is 12.5. The monoisotopic (exact) mass is 366 g/mol. The Morgan fingerprint density at radius 2 is 0.960 bits per heavy atom. The summed E-state index contributed by atoms with van der Waals surface area (Å²) in [5, 5.41) is 5.37.